The molecule has 94 valence electrons. The van der Waals surface area contributed by atoms with Gasteiger partial charge in [-0.3, -0.25) is 0 Å². The first-order valence-corrected chi connectivity index (χ1v) is 6.73. The second-order valence-electron chi connectivity index (χ2n) is 4.12. The van der Waals surface area contributed by atoms with Crippen LogP contribution in [-0.2, 0) is 0 Å². The van der Waals surface area contributed by atoms with Crippen LogP contribution in [0.25, 0.3) is 22.8 Å². The molecule has 0 bridgehead atoms. The van der Waals surface area contributed by atoms with Crippen molar-refractivity contribution >= 4 is 17.2 Å². The number of rotatable bonds is 2. The zero-order chi connectivity index (χ0) is 13.2. The molecule has 1 aromatic carbocycles. The Labute approximate surface area is 115 Å². The minimum absolute atomic E-state index is 0.453. The normalized spacial score (nSPS) is 10.6. The first-order chi connectivity index (χ1) is 9.22. The predicted molar refractivity (Wildman–Crippen MR) is 77.7 cm³/mol. The minimum atomic E-state index is 0.453. The Hall–Kier alpha value is -2.27. The maximum atomic E-state index is 5.87. The van der Waals surface area contributed by atoms with Gasteiger partial charge in [-0.2, -0.15) is 0 Å². The summed E-state index contributed by atoms with van der Waals surface area (Å²) in [4.78, 5) is 13.2. The first kappa shape index (κ1) is 11.8. The van der Waals surface area contributed by atoms with Crippen molar-refractivity contribution in [1.29, 1.82) is 0 Å². The standard InChI is InChI=1S/C14H12N4S/c1-9-16-12(8-19-9)11-7-13(15)18-14(17-11)10-5-3-2-4-6-10/h2-8H,1H3,(H2,15,17,18). The second kappa shape index (κ2) is 4.78. The average Bonchev–Trinajstić information content (AvgIpc) is 2.86. The molecule has 0 saturated carbocycles. The number of nitrogens with two attached hydrogens (primary N) is 1. The van der Waals surface area contributed by atoms with Crippen molar-refractivity contribution in [2.75, 3.05) is 5.73 Å². The van der Waals surface area contributed by atoms with E-state index in [4.69, 9.17) is 5.73 Å². The molecule has 2 aromatic heterocycles. The van der Waals surface area contributed by atoms with Crippen molar-refractivity contribution in [2.45, 2.75) is 6.92 Å². The van der Waals surface area contributed by atoms with Gasteiger partial charge in [0.1, 0.15) is 11.5 Å². The van der Waals surface area contributed by atoms with Gasteiger partial charge in [0.25, 0.3) is 0 Å². The Balaban J connectivity index is 2.11. The maximum absolute atomic E-state index is 5.87. The Kier molecular flexibility index (Phi) is 2.97. The summed E-state index contributed by atoms with van der Waals surface area (Å²) < 4.78 is 0. The molecule has 0 radical (unpaired) electrons. The van der Waals surface area contributed by atoms with Crippen LogP contribution in [0.15, 0.2) is 41.8 Å². The van der Waals surface area contributed by atoms with E-state index in [0.29, 0.717) is 11.6 Å². The van der Waals surface area contributed by atoms with Crippen LogP contribution < -0.4 is 5.73 Å². The van der Waals surface area contributed by atoms with Crippen molar-refractivity contribution in [3.63, 3.8) is 0 Å². The smallest absolute Gasteiger partial charge is 0.162 e. The predicted octanol–water partition coefficient (Wildman–Crippen LogP) is 3.16. The molecule has 0 aliphatic heterocycles. The van der Waals surface area contributed by atoms with E-state index in [1.165, 1.54) is 0 Å². The zero-order valence-corrected chi connectivity index (χ0v) is 11.2. The molecule has 4 nitrogen and oxygen atoms in total. The second-order valence-corrected chi connectivity index (χ2v) is 5.18. The number of benzene rings is 1. The lowest BCUT2D eigenvalue weighted by Crippen LogP contribution is -1.98. The third-order valence-corrected chi connectivity index (χ3v) is 3.43. The van der Waals surface area contributed by atoms with Crippen LogP contribution in [0.2, 0.25) is 0 Å². The van der Waals surface area contributed by atoms with E-state index < -0.39 is 0 Å². The van der Waals surface area contributed by atoms with Gasteiger partial charge in [0, 0.05) is 17.0 Å². The van der Waals surface area contributed by atoms with Crippen LogP contribution in [0.1, 0.15) is 5.01 Å². The quantitative estimate of drug-likeness (QED) is 0.775. The largest absolute Gasteiger partial charge is 0.384 e. The molecule has 2 N–H and O–H groups in total. The molecule has 0 amide bonds. The number of aryl methyl sites for hydroxylation is 1. The fourth-order valence-electron chi connectivity index (χ4n) is 1.79. The van der Waals surface area contributed by atoms with Crippen molar-refractivity contribution < 1.29 is 0 Å². The SMILES string of the molecule is Cc1nc(-c2cc(N)nc(-c3ccccc3)n2)cs1. The summed E-state index contributed by atoms with van der Waals surface area (Å²) >= 11 is 1.59. The van der Waals surface area contributed by atoms with Crippen molar-refractivity contribution in [3.8, 4) is 22.8 Å². The molecular weight excluding hydrogens is 256 g/mol. The van der Waals surface area contributed by atoms with Crippen LogP contribution >= 0.6 is 11.3 Å². The number of hydrogen-bond acceptors (Lipinski definition) is 5. The van der Waals surface area contributed by atoms with Crippen LogP contribution in [0.3, 0.4) is 0 Å². The Morgan fingerprint density at radius 3 is 2.47 bits per heavy atom. The fourth-order valence-corrected chi connectivity index (χ4v) is 2.40. The summed E-state index contributed by atoms with van der Waals surface area (Å²) in [7, 11) is 0. The molecular formula is C14H12N4S. The monoisotopic (exact) mass is 268 g/mol. The van der Waals surface area contributed by atoms with Gasteiger partial charge in [-0.25, -0.2) is 15.0 Å². The van der Waals surface area contributed by atoms with Gasteiger partial charge in [-0.1, -0.05) is 30.3 Å². The van der Waals surface area contributed by atoms with Gasteiger partial charge < -0.3 is 5.73 Å². The van der Waals surface area contributed by atoms with E-state index in [1.807, 2.05) is 42.6 Å². The molecule has 19 heavy (non-hydrogen) atoms. The molecule has 0 atom stereocenters. The molecule has 0 unspecified atom stereocenters. The molecule has 3 aromatic rings. The number of nitrogen functional groups attached to an aromatic ring is 1. The van der Waals surface area contributed by atoms with Crippen LogP contribution in [0.5, 0.6) is 0 Å². The number of aromatic nitrogens is 3. The van der Waals surface area contributed by atoms with Crippen molar-refractivity contribution in [3.05, 3.63) is 46.8 Å². The Morgan fingerprint density at radius 1 is 1.00 bits per heavy atom. The number of thiazole rings is 1. The summed E-state index contributed by atoms with van der Waals surface area (Å²) in [5, 5.41) is 2.99. The van der Waals surface area contributed by atoms with E-state index in [1.54, 1.807) is 17.4 Å². The van der Waals surface area contributed by atoms with Crippen molar-refractivity contribution in [1.82, 2.24) is 15.0 Å². The summed E-state index contributed by atoms with van der Waals surface area (Å²) in [5.41, 5.74) is 8.41. The highest BCUT2D eigenvalue weighted by molar-refractivity contribution is 7.09. The highest BCUT2D eigenvalue weighted by Gasteiger charge is 2.09. The van der Waals surface area contributed by atoms with Gasteiger partial charge in [0.2, 0.25) is 0 Å². The third kappa shape index (κ3) is 2.46. The Morgan fingerprint density at radius 2 is 1.79 bits per heavy atom. The van der Waals surface area contributed by atoms with E-state index in [9.17, 15) is 0 Å². The fraction of sp³-hybridized carbons (Fsp3) is 0.0714. The molecule has 5 heteroatoms. The highest BCUT2D eigenvalue weighted by Crippen LogP contribution is 2.24. The van der Waals surface area contributed by atoms with Gasteiger partial charge in [0.15, 0.2) is 5.82 Å². The number of nitrogens with zero attached hydrogens (tertiary/aromatic N) is 3. The number of anilines is 1. The van der Waals surface area contributed by atoms with Crippen LogP contribution in [0, 0.1) is 6.92 Å². The lowest BCUT2D eigenvalue weighted by molar-refractivity contribution is 1.17. The number of hydrogen-bond donors (Lipinski definition) is 1. The molecule has 0 spiro atoms. The lowest BCUT2D eigenvalue weighted by atomic mass is 10.2. The highest BCUT2D eigenvalue weighted by atomic mass is 32.1. The minimum Gasteiger partial charge on any atom is -0.384 e. The summed E-state index contributed by atoms with van der Waals surface area (Å²) in [5.74, 6) is 1.08. The summed E-state index contributed by atoms with van der Waals surface area (Å²) in [6.07, 6.45) is 0. The molecule has 0 aliphatic rings. The van der Waals surface area contributed by atoms with Crippen LogP contribution in [-0.4, -0.2) is 15.0 Å². The van der Waals surface area contributed by atoms with E-state index in [-0.39, 0.29) is 0 Å². The lowest BCUT2D eigenvalue weighted by Gasteiger charge is -2.04. The van der Waals surface area contributed by atoms with Gasteiger partial charge in [-0.05, 0) is 6.92 Å². The first-order valence-electron chi connectivity index (χ1n) is 5.85. The molecule has 3 rings (SSSR count). The van der Waals surface area contributed by atoms with Crippen molar-refractivity contribution in [2.24, 2.45) is 0 Å². The zero-order valence-electron chi connectivity index (χ0n) is 10.4. The Bertz CT molecular complexity index is 706. The van der Waals surface area contributed by atoms with E-state index in [0.717, 1.165) is 22.0 Å². The van der Waals surface area contributed by atoms with Gasteiger partial charge in [-0.15, -0.1) is 11.3 Å². The topological polar surface area (TPSA) is 64.7 Å². The molecule has 0 fully saturated rings. The van der Waals surface area contributed by atoms with Gasteiger partial charge >= 0.3 is 0 Å². The molecule has 0 aliphatic carbocycles. The van der Waals surface area contributed by atoms with Gasteiger partial charge in [0.05, 0.1) is 10.7 Å². The average molecular weight is 268 g/mol. The van der Waals surface area contributed by atoms with E-state index >= 15 is 0 Å². The maximum Gasteiger partial charge on any atom is 0.162 e. The summed E-state index contributed by atoms with van der Waals surface area (Å²) in [6, 6.07) is 11.5. The third-order valence-electron chi connectivity index (χ3n) is 2.66. The molecule has 0 saturated heterocycles. The van der Waals surface area contributed by atoms with E-state index in [2.05, 4.69) is 15.0 Å². The molecule has 2 heterocycles. The summed E-state index contributed by atoms with van der Waals surface area (Å²) in [6.45, 7) is 1.97. The van der Waals surface area contributed by atoms with Crippen LogP contribution in [0.4, 0.5) is 5.82 Å².